The first-order chi connectivity index (χ1) is 9.69. The fourth-order valence-electron chi connectivity index (χ4n) is 1.93. The average molecular weight is 338 g/mol. The molecule has 0 fully saturated rings. The Hall–Kier alpha value is -1.39. The van der Waals surface area contributed by atoms with Crippen molar-refractivity contribution in [2.24, 2.45) is 0 Å². The Kier molecular flexibility index (Phi) is 5.56. The third kappa shape index (κ3) is 4.32. The number of hydrogen-bond acceptors (Lipinski definition) is 2. The summed E-state index contributed by atoms with van der Waals surface area (Å²) in [6.07, 6.45) is 0.902. The Bertz CT molecular complexity index is 557. The SMILES string of the molecule is COc1ccc(CCNCc2cc(Br)ccc2F)cc1. The molecule has 2 nitrogen and oxygen atoms in total. The smallest absolute Gasteiger partial charge is 0.127 e. The van der Waals surface area contributed by atoms with Gasteiger partial charge in [-0.25, -0.2) is 4.39 Å². The molecule has 2 rings (SSSR count). The first-order valence-corrected chi connectivity index (χ1v) is 7.26. The van der Waals surface area contributed by atoms with Gasteiger partial charge < -0.3 is 10.1 Å². The molecule has 4 heteroatoms. The maximum atomic E-state index is 13.5. The van der Waals surface area contributed by atoms with Crippen LogP contribution < -0.4 is 10.1 Å². The zero-order chi connectivity index (χ0) is 14.4. The van der Waals surface area contributed by atoms with Gasteiger partial charge in [0.2, 0.25) is 0 Å². The first-order valence-electron chi connectivity index (χ1n) is 6.46. The van der Waals surface area contributed by atoms with E-state index in [9.17, 15) is 4.39 Å². The predicted molar refractivity (Wildman–Crippen MR) is 82.5 cm³/mol. The second-order valence-corrected chi connectivity index (χ2v) is 5.43. The lowest BCUT2D eigenvalue weighted by molar-refractivity contribution is 0.414. The van der Waals surface area contributed by atoms with Crippen LogP contribution in [0.2, 0.25) is 0 Å². The molecule has 0 aliphatic rings. The lowest BCUT2D eigenvalue weighted by atomic mass is 10.1. The third-order valence-corrected chi connectivity index (χ3v) is 3.57. The van der Waals surface area contributed by atoms with Gasteiger partial charge in [0.25, 0.3) is 0 Å². The third-order valence-electron chi connectivity index (χ3n) is 3.07. The van der Waals surface area contributed by atoms with E-state index in [-0.39, 0.29) is 5.82 Å². The van der Waals surface area contributed by atoms with Crippen LogP contribution in [0.5, 0.6) is 5.75 Å². The van der Waals surface area contributed by atoms with E-state index in [1.54, 1.807) is 19.2 Å². The molecular formula is C16H17BrFNO. The maximum Gasteiger partial charge on any atom is 0.127 e. The summed E-state index contributed by atoms with van der Waals surface area (Å²) in [6, 6.07) is 13.0. The van der Waals surface area contributed by atoms with Crippen molar-refractivity contribution in [3.63, 3.8) is 0 Å². The lowest BCUT2D eigenvalue weighted by Crippen LogP contribution is -2.17. The zero-order valence-corrected chi connectivity index (χ0v) is 12.9. The highest BCUT2D eigenvalue weighted by Crippen LogP contribution is 2.15. The highest BCUT2D eigenvalue weighted by atomic mass is 79.9. The summed E-state index contributed by atoms with van der Waals surface area (Å²) in [5.74, 6) is 0.683. The van der Waals surface area contributed by atoms with Crippen molar-refractivity contribution in [3.05, 3.63) is 63.9 Å². The Morgan fingerprint density at radius 3 is 2.60 bits per heavy atom. The minimum Gasteiger partial charge on any atom is -0.497 e. The monoisotopic (exact) mass is 337 g/mol. The van der Waals surface area contributed by atoms with Crippen LogP contribution in [-0.4, -0.2) is 13.7 Å². The van der Waals surface area contributed by atoms with Crippen LogP contribution in [0.25, 0.3) is 0 Å². The molecule has 20 heavy (non-hydrogen) atoms. The van der Waals surface area contributed by atoms with E-state index in [1.165, 1.54) is 11.6 Å². The van der Waals surface area contributed by atoms with Crippen molar-refractivity contribution in [1.29, 1.82) is 0 Å². The van der Waals surface area contributed by atoms with E-state index in [0.717, 1.165) is 23.2 Å². The summed E-state index contributed by atoms with van der Waals surface area (Å²) in [6.45, 7) is 1.33. The van der Waals surface area contributed by atoms with Crippen molar-refractivity contribution in [1.82, 2.24) is 5.32 Å². The summed E-state index contributed by atoms with van der Waals surface area (Å²) >= 11 is 3.35. The highest BCUT2D eigenvalue weighted by Gasteiger charge is 2.02. The summed E-state index contributed by atoms with van der Waals surface area (Å²) in [7, 11) is 1.66. The maximum absolute atomic E-state index is 13.5. The highest BCUT2D eigenvalue weighted by molar-refractivity contribution is 9.10. The molecular weight excluding hydrogens is 321 g/mol. The van der Waals surface area contributed by atoms with Gasteiger partial charge in [-0.3, -0.25) is 0 Å². The van der Waals surface area contributed by atoms with Crippen molar-refractivity contribution in [2.45, 2.75) is 13.0 Å². The fraction of sp³-hybridized carbons (Fsp3) is 0.250. The Balaban J connectivity index is 1.79. The van der Waals surface area contributed by atoms with Gasteiger partial charge in [-0.1, -0.05) is 28.1 Å². The summed E-state index contributed by atoms with van der Waals surface area (Å²) in [5, 5.41) is 3.25. The molecule has 2 aromatic carbocycles. The fourth-order valence-corrected chi connectivity index (χ4v) is 2.34. The van der Waals surface area contributed by atoms with Crippen LogP contribution >= 0.6 is 15.9 Å². The molecule has 0 aliphatic carbocycles. The number of rotatable bonds is 6. The first kappa shape index (κ1) is 15.0. The standard InChI is InChI=1S/C16H17BrFNO/c1-20-15-5-2-12(3-6-15)8-9-19-11-13-10-14(17)4-7-16(13)18/h2-7,10,19H,8-9,11H2,1H3. The Labute approximate surface area is 127 Å². The summed E-state index contributed by atoms with van der Waals surface area (Å²) in [5.41, 5.74) is 1.90. The molecule has 0 radical (unpaired) electrons. The van der Waals surface area contributed by atoms with Gasteiger partial charge in [-0.15, -0.1) is 0 Å². The largest absolute Gasteiger partial charge is 0.497 e. The average Bonchev–Trinajstić information content (AvgIpc) is 2.47. The van der Waals surface area contributed by atoms with Gasteiger partial charge in [0, 0.05) is 16.6 Å². The molecule has 0 aliphatic heterocycles. The topological polar surface area (TPSA) is 21.3 Å². The Morgan fingerprint density at radius 1 is 1.15 bits per heavy atom. The molecule has 0 spiro atoms. The molecule has 0 bridgehead atoms. The van der Waals surface area contributed by atoms with Gasteiger partial charge in [-0.2, -0.15) is 0 Å². The van der Waals surface area contributed by atoms with Crippen LogP contribution in [0.4, 0.5) is 4.39 Å². The minimum absolute atomic E-state index is 0.176. The van der Waals surface area contributed by atoms with Crippen LogP contribution in [0.15, 0.2) is 46.9 Å². The molecule has 0 unspecified atom stereocenters. The predicted octanol–water partition coefficient (Wildman–Crippen LogP) is 3.93. The molecule has 0 saturated carbocycles. The molecule has 0 amide bonds. The van der Waals surface area contributed by atoms with Crippen LogP contribution in [-0.2, 0) is 13.0 Å². The van der Waals surface area contributed by atoms with E-state index in [1.807, 2.05) is 24.3 Å². The summed E-state index contributed by atoms with van der Waals surface area (Å²) < 4.78 is 19.5. The number of benzene rings is 2. The van der Waals surface area contributed by atoms with Crippen LogP contribution in [0, 0.1) is 5.82 Å². The number of halogens is 2. The number of nitrogens with one attached hydrogen (secondary N) is 1. The van der Waals surface area contributed by atoms with Crippen LogP contribution in [0.3, 0.4) is 0 Å². The van der Waals surface area contributed by atoms with Gasteiger partial charge >= 0.3 is 0 Å². The van der Waals surface area contributed by atoms with Crippen molar-refractivity contribution in [2.75, 3.05) is 13.7 Å². The van der Waals surface area contributed by atoms with Gasteiger partial charge in [0.1, 0.15) is 11.6 Å². The van der Waals surface area contributed by atoms with Crippen molar-refractivity contribution >= 4 is 15.9 Å². The van der Waals surface area contributed by atoms with E-state index < -0.39 is 0 Å². The molecule has 106 valence electrons. The number of ether oxygens (including phenoxy) is 1. The van der Waals surface area contributed by atoms with E-state index in [0.29, 0.717) is 12.1 Å². The lowest BCUT2D eigenvalue weighted by Gasteiger charge is -2.07. The quantitative estimate of drug-likeness (QED) is 0.806. The van der Waals surface area contributed by atoms with E-state index >= 15 is 0 Å². The Morgan fingerprint density at radius 2 is 1.90 bits per heavy atom. The van der Waals surface area contributed by atoms with Crippen molar-refractivity contribution in [3.8, 4) is 5.75 Å². The van der Waals surface area contributed by atoms with Gasteiger partial charge in [-0.05, 0) is 48.9 Å². The molecule has 2 aromatic rings. The molecule has 0 aromatic heterocycles. The second-order valence-electron chi connectivity index (χ2n) is 4.51. The number of hydrogen-bond donors (Lipinski definition) is 1. The summed E-state index contributed by atoms with van der Waals surface area (Å²) in [4.78, 5) is 0. The number of methoxy groups -OCH3 is 1. The zero-order valence-electron chi connectivity index (χ0n) is 11.3. The van der Waals surface area contributed by atoms with E-state index in [2.05, 4.69) is 21.2 Å². The molecule has 0 saturated heterocycles. The molecule has 0 heterocycles. The van der Waals surface area contributed by atoms with Crippen LogP contribution in [0.1, 0.15) is 11.1 Å². The molecule has 0 atom stereocenters. The minimum atomic E-state index is -0.176. The van der Waals surface area contributed by atoms with Gasteiger partial charge in [0.05, 0.1) is 7.11 Å². The molecule has 1 N–H and O–H groups in total. The second kappa shape index (κ2) is 7.41. The van der Waals surface area contributed by atoms with Gasteiger partial charge in [0.15, 0.2) is 0 Å². The van der Waals surface area contributed by atoms with E-state index in [4.69, 9.17) is 4.74 Å². The normalized spacial score (nSPS) is 10.6. The van der Waals surface area contributed by atoms with Crippen molar-refractivity contribution < 1.29 is 9.13 Å².